The fourth-order valence-corrected chi connectivity index (χ4v) is 4.32. The number of aliphatic imine (C=N–C) groups is 1. The van der Waals surface area contributed by atoms with Gasteiger partial charge in [0.1, 0.15) is 0 Å². The highest BCUT2D eigenvalue weighted by atomic mass is 32.2. The molecule has 2 unspecified atom stereocenters. The van der Waals surface area contributed by atoms with Crippen molar-refractivity contribution in [2.75, 3.05) is 39.5 Å². The lowest BCUT2D eigenvalue weighted by atomic mass is 10.1. The highest BCUT2D eigenvalue weighted by Gasteiger charge is 2.32. The first-order valence-electron chi connectivity index (χ1n) is 9.13. The number of hydrogen-bond acceptors (Lipinski definition) is 4. The topological polar surface area (TPSA) is 48.9 Å². The Bertz CT molecular complexity index is 607. The summed E-state index contributed by atoms with van der Waals surface area (Å²) in [6, 6.07) is 7.24. The Kier molecular flexibility index (Phi) is 6.62. The molecule has 1 aromatic carbocycles. The molecule has 2 heterocycles. The molecule has 138 valence electrons. The summed E-state index contributed by atoms with van der Waals surface area (Å²) in [6.45, 7) is 6.83. The summed E-state index contributed by atoms with van der Waals surface area (Å²) in [5.74, 6) is 0.833. The van der Waals surface area contributed by atoms with Gasteiger partial charge in [-0.15, -0.1) is 11.8 Å². The largest absolute Gasteiger partial charge is 0.373 e. The number of guanidine groups is 1. The third-order valence-electron chi connectivity index (χ3n) is 5.07. The summed E-state index contributed by atoms with van der Waals surface area (Å²) in [7, 11) is 1.82. The molecule has 1 aromatic rings. The smallest absolute Gasteiger partial charge is 0.191 e. The van der Waals surface area contributed by atoms with Crippen LogP contribution in [0.5, 0.6) is 0 Å². The van der Waals surface area contributed by atoms with E-state index in [1.54, 1.807) is 11.8 Å². The predicted octanol–water partition coefficient (Wildman–Crippen LogP) is 2.25. The van der Waals surface area contributed by atoms with Crippen LogP contribution < -0.4 is 10.6 Å². The number of rotatable bonds is 5. The summed E-state index contributed by atoms with van der Waals surface area (Å²) in [4.78, 5) is 8.24. The average molecular weight is 363 g/mol. The Hall–Kier alpha value is -1.24. The maximum absolute atomic E-state index is 6.01. The van der Waals surface area contributed by atoms with Crippen molar-refractivity contribution in [3.05, 3.63) is 29.3 Å². The third-order valence-corrected chi connectivity index (χ3v) is 5.89. The second kappa shape index (κ2) is 8.92. The van der Waals surface area contributed by atoms with Crippen molar-refractivity contribution < 1.29 is 4.74 Å². The first-order chi connectivity index (χ1) is 12.2. The van der Waals surface area contributed by atoms with Gasteiger partial charge in [-0.3, -0.25) is 9.89 Å². The van der Waals surface area contributed by atoms with E-state index in [1.807, 2.05) is 7.05 Å². The molecule has 5 nitrogen and oxygen atoms in total. The monoisotopic (exact) mass is 362 g/mol. The van der Waals surface area contributed by atoms with E-state index >= 15 is 0 Å². The standard InChI is InChI=1S/C19H30N4OS/c1-14-6-7-15(18(9-14)25-3)10-21-19(20-2)22-11-17-12-23-8-4-5-16(23)13-24-17/h6-7,9,16-17H,4-5,8,10-13H2,1-3H3,(H2,20,21,22). The molecular weight excluding hydrogens is 332 g/mol. The molecule has 6 heteroatoms. The highest BCUT2D eigenvalue weighted by molar-refractivity contribution is 7.98. The average Bonchev–Trinajstić information content (AvgIpc) is 3.10. The van der Waals surface area contributed by atoms with E-state index in [0.29, 0.717) is 6.04 Å². The Balaban J connectivity index is 1.47. The molecule has 3 rings (SSSR count). The van der Waals surface area contributed by atoms with Crippen LogP contribution in [0.3, 0.4) is 0 Å². The molecule has 2 aliphatic heterocycles. The molecule has 2 fully saturated rings. The van der Waals surface area contributed by atoms with Crippen molar-refractivity contribution in [3.8, 4) is 0 Å². The van der Waals surface area contributed by atoms with Gasteiger partial charge in [0.2, 0.25) is 0 Å². The van der Waals surface area contributed by atoms with Gasteiger partial charge in [0.15, 0.2) is 5.96 Å². The van der Waals surface area contributed by atoms with Crippen LogP contribution in [0.4, 0.5) is 0 Å². The molecule has 2 saturated heterocycles. The van der Waals surface area contributed by atoms with Crippen LogP contribution in [0.1, 0.15) is 24.0 Å². The Labute approximate surface area is 155 Å². The fourth-order valence-electron chi connectivity index (χ4n) is 3.62. The zero-order valence-corrected chi connectivity index (χ0v) is 16.4. The molecule has 2 aliphatic rings. The second-order valence-corrected chi connectivity index (χ2v) is 7.72. The number of hydrogen-bond donors (Lipinski definition) is 2. The van der Waals surface area contributed by atoms with E-state index in [0.717, 1.165) is 32.2 Å². The summed E-state index contributed by atoms with van der Waals surface area (Å²) < 4.78 is 6.01. The number of fused-ring (bicyclic) bond motifs is 1. The number of morpholine rings is 1. The van der Waals surface area contributed by atoms with Crippen molar-refractivity contribution in [3.63, 3.8) is 0 Å². The maximum Gasteiger partial charge on any atom is 0.191 e. The van der Waals surface area contributed by atoms with Crippen molar-refractivity contribution in [2.45, 2.75) is 43.4 Å². The lowest BCUT2D eigenvalue weighted by Crippen LogP contribution is -2.51. The maximum atomic E-state index is 6.01. The minimum Gasteiger partial charge on any atom is -0.373 e. The van der Waals surface area contributed by atoms with Gasteiger partial charge in [-0.1, -0.05) is 12.1 Å². The third kappa shape index (κ3) is 4.90. The Morgan fingerprint density at radius 3 is 3.08 bits per heavy atom. The van der Waals surface area contributed by atoms with Gasteiger partial charge in [0.05, 0.1) is 12.7 Å². The number of benzene rings is 1. The van der Waals surface area contributed by atoms with Crippen molar-refractivity contribution in [1.29, 1.82) is 0 Å². The van der Waals surface area contributed by atoms with Gasteiger partial charge in [-0.25, -0.2) is 0 Å². The van der Waals surface area contributed by atoms with Crippen LogP contribution >= 0.6 is 11.8 Å². The minimum absolute atomic E-state index is 0.244. The van der Waals surface area contributed by atoms with E-state index < -0.39 is 0 Å². The van der Waals surface area contributed by atoms with E-state index in [1.165, 1.54) is 35.4 Å². The molecule has 0 amide bonds. The Morgan fingerprint density at radius 2 is 2.28 bits per heavy atom. The van der Waals surface area contributed by atoms with Crippen molar-refractivity contribution in [1.82, 2.24) is 15.5 Å². The summed E-state index contributed by atoms with van der Waals surface area (Å²) in [5.41, 5.74) is 2.60. The molecule has 2 N–H and O–H groups in total. The molecule has 0 saturated carbocycles. The van der Waals surface area contributed by atoms with Gasteiger partial charge < -0.3 is 15.4 Å². The Morgan fingerprint density at radius 1 is 1.40 bits per heavy atom. The van der Waals surface area contributed by atoms with Crippen LogP contribution in [0.25, 0.3) is 0 Å². The number of ether oxygens (including phenoxy) is 1. The summed E-state index contributed by atoms with van der Waals surface area (Å²) >= 11 is 1.79. The zero-order chi connectivity index (χ0) is 17.6. The summed E-state index contributed by atoms with van der Waals surface area (Å²) in [5, 5.41) is 6.84. The molecule has 0 aliphatic carbocycles. The van der Waals surface area contributed by atoms with Crippen LogP contribution in [-0.4, -0.2) is 62.5 Å². The number of nitrogens with zero attached hydrogens (tertiary/aromatic N) is 2. The molecule has 0 bridgehead atoms. The van der Waals surface area contributed by atoms with Crippen LogP contribution in [0, 0.1) is 6.92 Å². The number of thioether (sulfide) groups is 1. The molecule has 0 aromatic heterocycles. The van der Waals surface area contributed by atoms with E-state index in [9.17, 15) is 0 Å². The first kappa shape index (κ1) is 18.5. The molecule has 0 radical (unpaired) electrons. The van der Waals surface area contributed by atoms with Crippen molar-refractivity contribution >= 4 is 17.7 Å². The molecule has 0 spiro atoms. The zero-order valence-electron chi connectivity index (χ0n) is 15.5. The van der Waals surface area contributed by atoms with Gasteiger partial charge in [0, 0.05) is 37.6 Å². The van der Waals surface area contributed by atoms with Crippen LogP contribution in [0.15, 0.2) is 28.1 Å². The van der Waals surface area contributed by atoms with Crippen LogP contribution in [-0.2, 0) is 11.3 Å². The molecular formula is C19H30N4OS. The van der Waals surface area contributed by atoms with Gasteiger partial charge in [-0.2, -0.15) is 0 Å². The lowest BCUT2D eigenvalue weighted by molar-refractivity contribution is -0.0453. The normalized spacial score (nSPS) is 24.2. The first-order valence-corrected chi connectivity index (χ1v) is 10.4. The minimum atomic E-state index is 0.244. The summed E-state index contributed by atoms with van der Waals surface area (Å²) in [6.07, 6.45) is 4.97. The van der Waals surface area contributed by atoms with Gasteiger partial charge >= 0.3 is 0 Å². The van der Waals surface area contributed by atoms with E-state index in [4.69, 9.17) is 4.74 Å². The number of aryl methyl sites for hydroxylation is 1. The second-order valence-electron chi connectivity index (χ2n) is 6.87. The molecule has 2 atom stereocenters. The van der Waals surface area contributed by atoms with Crippen molar-refractivity contribution in [2.24, 2.45) is 4.99 Å². The predicted molar refractivity (Wildman–Crippen MR) is 105 cm³/mol. The van der Waals surface area contributed by atoms with Crippen LogP contribution in [0.2, 0.25) is 0 Å². The van der Waals surface area contributed by atoms with Gasteiger partial charge in [0.25, 0.3) is 0 Å². The molecule has 25 heavy (non-hydrogen) atoms. The lowest BCUT2D eigenvalue weighted by Gasteiger charge is -2.35. The number of nitrogens with one attached hydrogen (secondary N) is 2. The highest BCUT2D eigenvalue weighted by Crippen LogP contribution is 2.23. The quantitative estimate of drug-likeness (QED) is 0.478. The SMILES string of the molecule is CN=C(NCc1ccc(C)cc1SC)NCC1CN2CCCC2CO1. The fraction of sp³-hybridized carbons (Fsp3) is 0.632. The van der Waals surface area contributed by atoms with Gasteiger partial charge in [-0.05, 0) is 49.8 Å². The van der Waals surface area contributed by atoms with E-state index in [-0.39, 0.29) is 6.10 Å². The van der Waals surface area contributed by atoms with E-state index in [2.05, 4.69) is 51.9 Å².